The molecule has 0 heterocycles. The zero-order valence-electron chi connectivity index (χ0n) is 9.03. The highest BCUT2D eigenvalue weighted by Gasteiger charge is 2.08. The van der Waals surface area contributed by atoms with Crippen LogP contribution in [0.1, 0.15) is 5.56 Å². The highest BCUT2D eigenvalue weighted by atomic mass is 35.5. The van der Waals surface area contributed by atoms with Gasteiger partial charge in [0, 0.05) is 10.6 Å². The molecule has 1 aromatic carbocycles. The van der Waals surface area contributed by atoms with E-state index in [0.717, 1.165) is 5.56 Å². The molecule has 0 fully saturated rings. The number of carbonyl (C=O) groups excluding carboxylic acids is 1. The molecule has 0 aromatic heterocycles. The van der Waals surface area contributed by atoms with Crippen LogP contribution in [-0.4, -0.2) is 19.7 Å². The molecule has 0 aliphatic rings. The van der Waals surface area contributed by atoms with E-state index in [0.29, 0.717) is 10.8 Å². The first-order chi connectivity index (χ1) is 7.63. The number of benzene rings is 1. The van der Waals surface area contributed by atoms with E-state index >= 15 is 0 Å². The first-order valence-corrected chi connectivity index (χ1v) is 5.12. The van der Waals surface area contributed by atoms with Crippen molar-refractivity contribution in [3.05, 3.63) is 41.4 Å². The van der Waals surface area contributed by atoms with Crippen LogP contribution in [0.2, 0.25) is 0 Å². The second-order valence-electron chi connectivity index (χ2n) is 3.17. The van der Waals surface area contributed by atoms with E-state index in [4.69, 9.17) is 16.3 Å². The molecule has 16 heavy (non-hydrogen) atoms. The van der Waals surface area contributed by atoms with Crippen molar-refractivity contribution < 1.29 is 14.3 Å². The molecular weight excluding hydrogens is 228 g/mol. The molecule has 0 atom stereocenters. The number of hydrogen-bond donors (Lipinski definition) is 0. The molecule has 4 heteroatoms. The minimum Gasteiger partial charge on any atom is -0.488 e. The molecule has 0 saturated heterocycles. The molecule has 0 spiro atoms. The number of para-hydroxylation sites is 1. The monoisotopic (exact) mass is 240 g/mol. The molecule has 86 valence electrons. The van der Waals surface area contributed by atoms with Crippen LogP contribution in [0.25, 0.3) is 0 Å². The predicted molar refractivity (Wildman–Crippen MR) is 62.7 cm³/mol. The molecule has 1 rings (SSSR count). The molecule has 0 N–H and O–H groups in total. The van der Waals surface area contributed by atoms with Gasteiger partial charge in [0.25, 0.3) is 0 Å². The summed E-state index contributed by atoms with van der Waals surface area (Å²) < 4.78 is 10.0. The Hall–Kier alpha value is -1.48. The second-order valence-corrected chi connectivity index (χ2v) is 3.70. The van der Waals surface area contributed by atoms with Gasteiger partial charge < -0.3 is 9.47 Å². The summed E-state index contributed by atoms with van der Waals surface area (Å²) in [6.07, 6.45) is 0.182. The van der Waals surface area contributed by atoms with Crippen LogP contribution in [-0.2, 0) is 16.0 Å². The first-order valence-electron chi connectivity index (χ1n) is 4.74. The fraction of sp³-hybridized carbons (Fsp3) is 0.250. The Balaban J connectivity index is 2.74. The second kappa shape index (κ2) is 6.18. The number of carbonyl (C=O) groups is 1. The van der Waals surface area contributed by atoms with Crippen molar-refractivity contribution in [1.82, 2.24) is 0 Å². The molecule has 0 unspecified atom stereocenters. The van der Waals surface area contributed by atoms with Crippen LogP contribution in [0.15, 0.2) is 35.9 Å². The lowest BCUT2D eigenvalue weighted by molar-refractivity contribution is -0.139. The van der Waals surface area contributed by atoms with Gasteiger partial charge in [-0.25, -0.2) is 0 Å². The maximum absolute atomic E-state index is 11.2. The molecule has 1 aromatic rings. The highest BCUT2D eigenvalue weighted by Crippen LogP contribution is 2.19. The van der Waals surface area contributed by atoms with Gasteiger partial charge in [-0.15, -0.1) is 0 Å². The number of hydrogen-bond acceptors (Lipinski definition) is 3. The van der Waals surface area contributed by atoms with Gasteiger partial charge in [-0.1, -0.05) is 36.4 Å². The summed E-state index contributed by atoms with van der Waals surface area (Å²) in [4.78, 5) is 11.2. The van der Waals surface area contributed by atoms with E-state index in [-0.39, 0.29) is 19.0 Å². The van der Waals surface area contributed by atoms with Crippen molar-refractivity contribution in [3.63, 3.8) is 0 Å². The summed E-state index contributed by atoms with van der Waals surface area (Å²) in [6.45, 7) is 3.75. The first kappa shape index (κ1) is 12.6. The zero-order valence-corrected chi connectivity index (χ0v) is 9.79. The van der Waals surface area contributed by atoms with E-state index in [9.17, 15) is 4.79 Å². The van der Waals surface area contributed by atoms with Gasteiger partial charge in [0.15, 0.2) is 0 Å². The molecule has 0 saturated carbocycles. The van der Waals surface area contributed by atoms with Gasteiger partial charge in [-0.05, 0) is 6.07 Å². The molecule has 0 amide bonds. The van der Waals surface area contributed by atoms with Gasteiger partial charge in [-0.3, -0.25) is 4.79 Å². The third-order valence-corrected chi connectivity index (χ3v) is 2.03. The smallest absolute Gasteiger partial charge is 0.310 e. The van der Waals surface area contributed by atoms with Crippen LogP contribution in [0.3, 0.4) is 0 Å². The Morgan fingerprint density at radius 3 is 2.75 bits per heavy atom. The Morgan fingerprint density at radius 2 is 2.12 bits per heavy atom. The Bertz CT molecular complexity index is 388. The number of rotatable bonds is 5. The molecule has 0 bridgehead atoms. The van der Waals surface area contributed by atoms with E-state index in [1.165, 1.54) is 7.11 Å². The van der Waals surface area contributed by atoms with Crippen molar-refractivity contribution >= 4 is 17.6 Å². The van der Waals surface area contributed by atoms with Crippen LogP contribution in [0.5, 0.6) is 5.75 Å². The SMILES string of the molecule is C=C(Cl)COc1ccccc1CC(=O)OC. The zero-order chi connectivity index (χ0) is 12.0. The van der Waals surface area contributed by atoms with E-state index in [2.05, 4.69) is 11.3 Å². The molecule has 0 radical (unpaired) electrons. The molecule has 0 aliphatic heterocycles. The Labute approximate surface area is 99.6 Å². The number of ether oxygens (including phenoxy) is 2. The van der Waals surface area contributed by atoms with Crippen molar-refractivity contribution in [3.8, 4) is 5.75 Å². The average molecular weight is 241 g/mol. The van der Waals surface area contributed by atoms with Gasteiger partial charge in [0.05, 0.1) is 13.5 Å². The van der Waals surface area contributed by atoms with E-state index < -0.39 is 0 Å². The standard InChI is InChI=1S/C12H13ClO3/c1-9(13)8-16-11-6-4-3-5-10(11)7-12(14)15-2/h3-6H,1,7-8H2,2H3. The summed E-state index contributed by atoms with van der Waals surface area (Å²) in [5, 5.41) is 0.410. The maximum Gasteiger partial charge on any atom is 0.310 e. The number of halogens is 1. The number of methoxy groups -OCH3 is 1. The quantitative estimate of drug-likeness (QED) is 0.742. The molecule has 3 nitrogen and oxygen atoms in total. The van der Waals surface area contributed by atoms with Gasteiger partial charge >= 0.3 is 5.97 Å². The molecule has 0 aliphatic carbocycles. The minimum absolute atomic E-state index is 0.182. The van der Waals surface area contributed by atoms with Crippen LogP contribution >= 0.6 is 11.6 Å². The summed E-state index contributed by atoms with van der Waals surface area (Å²) in [5.74, 6) is 0.315. The van der Waals surface area contributed by atoms with Crippen molar-refractivity contribution in [2.45, 2.75) is 6.42 Å². The highest BCUT2D eigenvalue weighted by molar-refractivity contribution is 6.29. The Kier molecular flexibility index (Phi) is 4.86. The topological polar surface area (TPSA) is 35.5 Å². The van der Waals surface area contributed by atoms with Crippen LogP contribution in [0, 0.1) is 0 Å². The summed E-state index contributed by atoms with van der Waals surface area (Å²) in [7, 11) is 1.35. The summed E-state index contributed by atoms with van der Waals surface area (Å²) in [5.41, 5.74) is 0.771. The van der Waals surface area contributed by atoms with Crippen molar-refractivity contribution in [1.29, 1.82) is 0 Å². The van der Waals surface area contributed by atoms with Crippen molar-refractivity contribution in [2.24, 2.45) is 0 Å². The maximum atomic E-state index is 11.2. The minimum atomic E-state index is -0.305. The third kappa shape index (κ3) is 3.95. The van der Waals surface area contributed by atoms with Gasteiger partial charge in [0.1, 0.15) is 12.4 Å². The van der Waals surface area contributed by atoms with Crippen molar-refractivity contribution in [2.75, 3.05) is 13.7 Å². The normalized spacial score (nSPS) is 9.62. The fourth-order valence-electron chi connectivity index (χ4n) is 1.17. The van der Waals surface area contributed by atoms with E-state index in [1.54, 1.807) is 6.07 Å². The van der Waals surface area contributed by atoms with Crippen LogP contribution in [0.4, 0.5) is 0 Å². The summed E-state index contributed by atoms with van der Waals surface area (Å²) >= 11 is 5.60. The lowest BCUT2D eigenvalue weighted by Gasteiger charge is -2.09. The third-order valence-electron chi connectivity index (χ3n) is 1.92. The van der Waals surface area contributed by atoms with Crippen LogP contribution < -0.4 is 4.74 Å². The lowest BCUT2D eigenvalue weighted by atomic mass is 10.1. The lowest BCUT2D eigenvalue weighted by Crippen LogP contribution is -2.07. The largest absolute Gasteiger partial charge is 0.488 e. The Morgan fingerprint density at radius 1 is 1.44 bits per heavy atom. The number of esters is 1. The van der Waals surface area contributed by atoms with Gasteiger partial charge in [0.2, 0.25) is 0 Å². The predicted octanol–water partition coefficient (Wildman–Crippen LogP) is 2.53. The van der Waals surface area contributed by atoms with E-state index in [1.807, 2.05) is 18.2 Å². The summed E-state index contributed by atoms with van der Waals surface area (Å²) in [6, 6.07) is 7.25. The van der Waals surface area contributed by atoms with Gasteiger partial charge in [-0.2, -0.15) is 0 Å². The molecular formula is C12H13ClO3. The average Bonchev–Trinajstić information content (AvgIpc) is 2.27. The fourth-order valence-corrected chi connectivity index (χ4v) is 1.23.